The zero-order valence-corrected chi connectivity index (χ0v) is 19.8. The third-order valence-corrected chi connectivity index (χ3v) is 7.52. The summed E-state index contributed by atoms with van der Waals surface area (Å²) < 4.78 is 5.36. The molecular weight excluding hydrogens is 418 g/mol. The zero-order chi connectivity index (χ0) is 23.2. The van der Waals surface area contributed by atoms with Crippen molar-refractivity contribution in [2.75, 3.05) is 26.7 Å². The molecule has 0 spiro atoms. The van der Waals surface area contributed by atoms with Crippen LogP contribution in [0.2, 0.25) is 0 Å². The maximum atomic E-state index is 13.0. The first-order valence-corrected chi connectivity index (χ1v) is 12.6. The summed E-state index contributed by atoms with van der Waals surface area (Å²) in [6.07, 6.45) is 8.84. The van der Waals surface area contributed by atoms with Crippen LogP contribution >= 0.6 is 0 Å². The molecule has 1 aromatic carbocycles. The summed E-state index contributed by atoms with van der Waals surface area (Å²) in [7, 11) is 1.62. The van der Waals surface area contributed by atoms with Crippen LogP contribution in [0.5, 0.6) is 5.75 Å². The van der Waals surface area contributed by atoms with Gasteiger partial charge in [0.15, 0.2) is 0 Å². The quantitative estimate of drug-likeness (QED) is 0.715. The Hall–Kier alpha value is -2.57. The second-order valence-corrected chi connectivity index (χ2v) is 9.68. The molecule has 0 radical (unpaired) electrons. The summed E-state index contributed by atoms with van der Waals surface area (Å²) in [6, 6.07) is 7.33. The van der Waals surface area contributed by atoms with Crippen LogP contribution in [0.4, 0.5) is 0 Å². The molecule has 2 heterocycles. The Balaban J connectivity index is 1.25. The number of para-hydroxylation sites is 1. The van der Waals surface area contributed by atoms with Crippen molar-refractivity contribution in [3.8, 4) is 5.75 Å². The Bertz CT molecular complexity index is 844. The van der Waals surface area contributed by atoms with Gasteiger partial charge in [0, 0.05) is 37.2 Å². The molecule has 1 aromatic rings. The van der Waals surface area contributed by atoms with Crippen molar-refractivity contribution < 1.29 is 19.1 Å². The fourth-order valence-corrected chi connectivity index (χ4v) is 5.58. The monoisotopic (exact) mass is 455 g/mol. The Kier molecular flexibility index (Phi) is 7.89. The SMILES string of the molecule is COc1ccccc1CC(=O)N1CCC(NC(=O)C2CCCN2C(=O)C2CCCCC2)CC1. The summed E-state index contributed by atoms with van der Waals surface area (Å²) in [6.45, 7) is 1.96. The number of likely N-dealkylation sites (tertiary alicyclic amines) is 2. The number of carbonyl (C=O) groups is 3. The van der Waals surface area contributed by atoms with E-state index in [0.717, 1.165) is 62.7 Å². The van der Waals surface area contributed by atoms with Gasteiger partial charge >= 0.3 is 0 Å². The number of amides is 3. The second kappa shape index (κ2) is 11.0. The summed E-state index contributed by atoms with van der Waals surface area (Å²) in [5.41, 5.74) is 0.893. The van der Waals surface area contributed by atoms with Gasteiger partial charge in [-0.3, -0.25) is 14.4 Å². The lowest BCUT2D eigenvalue weighted by Gasteiger charge is -2.34. The van der Waals surface area contributed by atoms with Gasteiger partial charge in [-0.05, 0) is 44.6 Å². The van der Waals surface area contributed by atoms with Gasteiger partial charge < -0.3 is 19.9 Å². The Morgan fingerprint density at radius 3 is 2.39 bits per heavy atom. The number of ether oxygens (including phenoxy) is 1. The molecule has 1 atom stereocenters. The summed E-state index contributed by atoms with van der Waals surface area (Å²) in [5, 5.41) is 3.19. The number of piperidine rings is 1. The van der Waals surface area contributed by atoms with Gasteiger partial charge in [0.2, 0.25) is 17.7 Å². The molecule has 3 fully saturated rings. The molecule has 1 saturated carbocycles. The number of nitrogens with zero attached hydrogens (tertiary/aromatic N) is 2. The largest absolute Gasteiger partial charge is 0.496 e. The molecule has 1 aliphatic carbocycles. The lowest BCUT2D eigenvalue weighted by atomic mass is 9.88. The van der Waals surface area contributed by atoms with E-state index in [-0.39, 0.29) is 35.7 Å². The molecule has 0 aromatic heterocycles. The summed E-state index contributed by atoms with van der Waals surface area (Å²) >= 11 is 0. The van der Waals surface area contributed by atoms with Crippen LogP contribution in [0.15, 0.2) is 24.3 Å². The van der Waals surface area contributed by atoms with Gasteiger partial charge in [0.25, 0.3) is 0 Å². The van der Waals surface area contributed by atoms with Crippen molar-refractivity contribution in [2.45, 2.75) is 76.3 Å². The predicted octanol–water partition coefficient (Wildman–Crippen LogP) is 2.92. The minimum Gasteiger partial charge on any atom is -0.496 e. The Morgan fingerprint density at radius 2 is 1.67 bits per heavy atom. The third kappa shape index (κ3) is 5.68. The highest BCUT2D eigenvalue weighted by atomic mass is 16.5. The van der Waals surface area contributed by atoms with E-state index in [9.17, 15) is 14.4 Å². The molecule has 180 valence electrons. The first-order valence-electron chi connectivity index (χ1n) is 12.6. The van der Waals surface area contributed by atoms with Gasteiger partial charge in [0.05, 0.1) is 13.5 Å². The number of carbonyl (C=O) groups excluding carboxylic acids is 3. The molecule has 7 heteroatoms. The highest BCUT2D eigenvalue weighted by Gasteiger charge is 2.38. The van der Waals surface area contributed by atoms with E-state index in [1.807, 2.05) is 34.1 Å². The molecule has 2 aliphatic heterocycles. The fraction of sp³-hybridized carbons (Fsp3) is 0.654. The van der Waals surface area contributed by atoms with E-state index in [1.54, 1.807) is 7.11 Å². The van der Waals surface area contributed by atoms with Crippen LogP contribution in [-0.2, 0) is 20.8 Å². The number of methoxy groups -OCH3 is 1. The lowest BCUT2D eigenvalue weighted by molar-refractivity contribution is -0.142. The summed E-state index contributed by atoms with van der Waals surface area (Å²) in [4.78, 5) is 42.6. The predicted molar refractivity (Wildman–Crippen MR) is 126 cm³/mol. The van der Waals surface area contributed by atoms with Crippen molar-refractivity contribution in [3.05, 3.63) is 29.8 Å². The molecule has 7 nitrogen and oxygen atoms in total. The van der Waals surface area contributed by atoms with Crippen LogP contribution in [0.1, 0.15) is 63.4 Å². The van der Waals surface area contributed by atoms with Gasteiger partial charge in [0.1, 0.15) is 11.8 Å². The van der Waals surface area contributed by atoms with Crippen LogP contribution in [0.3, 0.4) is 0 Å². The molecule has 1 N–H and O–H groups in total. The van der Waals surface area contributed by atoms with E-state index >= 15 is 0 Å². The van der Waals surface area contributed by atoms with Gasteiger partial charge in [-0.25, -0.2) is 0 Å². The van der Waals surface area contributed by atoms with E-state index in [0.29, 0.717) is 26.1 Å². The van der Waals surface area contributed by atoms with E-state index in [1.165, 1.54) is 6.42 Å². The minimum atomic E-state index is -0.329. The Labute approximate surface area is 196 Å². The number of rotatable bonds is 6. The van der Waals surface area contributed by atoms with Crippen LogP contribution < -0.4 is 10.1 Å². The average molecular weight is 456 g/mol. The number of hydrogen-bond acceptors (Lipinski definition) is 4. The maximum Gasteiger partial charge on any atom is 0.243 e. The van der Waals surface area contributed by atoms with Crippen molar-refractivity contribution in [1.29, 1.82) is 0 Å². The van der Waals surface area contributed by atoms with Crippen LogP contribution in [0, 0.1) is 5.92 Å². The lowest BCUT2D eigenvalue weighted by Crippen LogP contribution is -2.53. The maximum absolute atomic E-state index is 13.0. The van der Waals surface area contributed by atoms with Crippen LogP contribution in [0.25, 0.3) is 0 Å². The van der Waals surface area contributed by atoms with Crippen molar-refractivity contribution in [3.63, 3.8) is 0 Å². The topological polar surface area (TPSA) is 79.0 Å². The molecule has 2 saturated heterocycles. The van der Waals surface area contributed by atoms with E-state index in [4.69, 9.17) is 4.74 Å². The number of nitrogens with one attached hydrogen (secondary N) is 1. The van der Waals surface area contributed by atoms with Crippen molar-refractivity contribution in [1.82, 2.24) is 15.1 Å². The minimum absolute atomic E-state index is 0.0181. The fourth-order valence-electron chi connectivity index (χ4n) is 5.58. The first-order chi connectivity index (χ1) is 16.1. The summed E-state index contributed by atoms with van der Waals surface area (Å²) in [5.74, 6) is 1.09. The number of benzene rings is 1. The van der Waals surface area contributed by atoms with Gasteiger partial charge in [-0.1, -0.05) is 37.5 Å². The standard InChI is InChI=1S/C26H37N3O4/c1-33-23-12-6-5-10-20(23)18-24(30)28-16-13-21(14-17-28)27-25(31)22-11-7-15-29(22)26(32)19-8-3-2-4-9-19/h5-6,10,12,19,21-22H,2-4,7-9,11,13-18H2,1H3,(H,27,31). The van der Waals surface area contributed by atoms with Gasteiger partial charge in [-0.15, -0.1) is 0 Å². The number of hydrogen-bond donors (Lipinski definition) is 1. The highest BCUT2D eigenvalue weighted by molar-refractivity contribution is 5.89. The zero-order valence-electron chi connectivity index (χ0n) is 19.8. The normalized spacial score (nSPS) is 22.3. The highest BCUT2D eigenvalue weighted by Crippen LogP contribution is 2.29. The molecule has 3 amide bonds. The second-order valence-electron chi connectivity index (χ2n) is 9.68. The molecule has 1 unspecified atom stereocenters. The Morgan fingerprint density at radius 1 is 0.939 bits per heavy atom. The van der Waals surface area contributed by atoms with E-state index in [2.05, 4.69) is 5.32 Å². The molecule has 4 rings (SSSR count). The molecular formula is C26H37N3O4. The molecule has 33 heavy (non-hydrogen) atoms. The molecule has 0 bridgehead atoms. The van der Waals surface area contributed by atoms with E-state index < -0.39 is 0 Å². The first kappa shape index (κ1) is 23.6. The van der Waals surface area contributed by atoms with Crippen LogP contribution in [-0.4, -0.2) is 66.3 Å². The van der Waals surface area contributed by atoms with Crippen molar-refractivity contribution in [2.24, 2.45) is 5.92 Å². The average Bonchev–Trinajstić information content (AvgIpc) is 3.35. The molecule has 3 aliphatic rings. The smallest absolute Gasteiger partial charge is 0.243 e. The third-order valence-electron chi connectivity index (χ3n) is 7.52. The van der Waals surface area contributed by atoms with Crippen molar-refractivity contribution >= 4 is 17.7 Å². The van der Waals surface area contributed by atoms with Gasteiger partial charge in [-0.2, -0.15) is 0 Å².